The number of fused-ring (bicyclic) bond motifs is 5. The van der Waals surface area contributed by atoms with Gasteiger partial charge in [-0.1, -0.05) is 19.1 Å². The topological polar surface area (TPSA) is 88.9 Å². The van der Waals surface area contributed by atoms with Crippen molar-refractivity contribution in [1.29, 1.82) is 0 Å². The van der Waals surface area contributed by atoms with E-state index in [1.54, 1.807) is 29.3 Å². The largest absolute Gasteiger partial charge is 0.494 e. The Morgan fingerprint density at radius 3 is 2.72 bits per heavy atom. The van der Waals surface area contributed by atoms with Crippen LogP contribution in [-0.4, -0.2) is 60.1 Å². The normalized spacial score (nSPS) is 18.9. The Bertz CT molecular complexity index is 1170. The summed E-state index contributed by atoms with van der Waals surface area (Å²) in [5.74, 6) is 0.765. The molecule has 0 fully saturated rings. The van der Waals surface area contributed by atoms with Crippen LogP contribution in [0.1, 0.15) is 69.7 Å². The molecule has 1 aliphatic rings. The van der Waals surface area contributed by atoms with Gasteiger partial charge in [0.25, 0.3) is 0 Å². The molecule has 0 spiro atoms. The van der Waals surface area contributed by atoms with Crippen LogP contribution in [0.5, 0.6) is 11.6 Å². The molecule has 2 atom stereocenters. The molecule has 11 heteroatoms. The zero-order valence-corrected chi connectivity index (χ0v) is 22.7. The third kappa shape index (κ3) is 7.70. The van der Waals surface area contributed by atoms with Crippen LogP contribution in [0.2, 0.25) is 0 Å². The molecule has 3 heterocycles. The van der Waals surface area contributed by atoms with Crippen molar-refractivity contribution in [2.45, 2.75) is 70.6 Å². The summed E-state index contributed by atoms with van der Waals surface area (Å²) in [6.45, 7) is 11.8. The van der Waals surface area contributed by atoms with Crippen molar-refractivity contribution in [2.24, 2.45) is 4.99 Å². The Hall–Kier alpha value is -3.63. The van der Waals surface area contributed by atoms with Crippen molar-refractivity contribution in [2.75, 3.05) is 20.3 Å². The molecule has 212 valence electrons. The maximum absolute atomic E-state index is 13.3. The van der Waals surface area contributed by atoms with Gasteiger partial charge < -0.3 is 19.7 Å². The first-order valence-corrected chi connectivity index (χ1v) is 13.1. The number of alkyl halides is 3. The maximum atomic E-state index is 13.3. The number of carbonyl (C=O) groups is 1. The number of carbonyl (C=O) groups excluding carboxylic acids is 1. The molecule has 3 rings (SSSR count). The first-order valence-electron chi connectivity index (χ1n) is 13.1. The summed E-state index contributed by atoms with van der Waals surface area (Å²) in [5.41, 5.74) is 2.88. The molecule has 0 saturated heterocycles. The van der Waals surface area contributed by atoms with E-state index in [1.807, 2.05) is 13.8 Å². The lowest BCUT2D eigenvalue weighted by Crippen LogP contribution is -2.46. The fourth-order valence-electron chi connectivity index (χ4n) is 4.61. The van der Waals surface area contributed by atoms with Crippen molar-refractivity contribution in [3.05, 3.63) is 36.2 Å². The number of rotatable bonds is 6. The first kappa shape index (κ1) is 29.9. The molecular formula is C28H36F3N5O3. The van der Waals surface area contributed by atoms with Crippen molar-refractivity contribution >= 4 is 24.5 Å². The van der Waals surface area contributed by atoms with E-state index in [0.717, 1.165) is 0 Å². The van der Waals surface area contributed by atoms with E-state index in [1.165, 1.54) is 7.11 Å². The third-order valence-electron chi connectivity index (χ3n) is 6.79. The number of hydrogen-bond acceptors (Lipinski definition) is 6. The lowest BCUT2D eigenvalue weighted by molar-refractivity contribution is -0.136. The number of nitrogens with one attached hydrogen (secondary N) is 1. The molecule has 0 saturated carbocycles. The van der Waals surface area contributed by atoms with Gasteiger partial charge in [-0.05, 0) is 58.4 Å². The van der Waals surface area contributed by atoms with Gasteiger partial charge in [-0.15, -0.1) is 0 Å². The number of hydrogen-bond donors (Lipinski definition) is 1. The molecule has 1 N–H and O–H groups in total. The van der Waals surface area contributed by atoms with Crippen LogP contribution in [0.25, 0.3) is 17.3 Å². The van der Waals surface area contributed by atoms with Gasteiger partial charge in [-0.3, -0.25) is 9.98 Å². The molecule has 0 aromatic carbocycles. The van der Waals surface area contributed by atoms with Crippen LogP contribution in [0.3, 0.4) is 0 Å². The maximum Gasteiger partial charge on any atom is 0.389 e. The van der Waals surface area contributed by atoms with Gasteiger partial charge in [0.2, 0.25) is 5.88 Å². The highest BCUT2D eigenvalue weighted by molar-refractivity contribution is 5.78. The summed E-state index contributed by atoms with van der Waals surface area (Å²) < 4.78 is 50.5. The fraction of sp³-hybridized carbons (Fsp3) is 0.500. The summed E-state index contributed by atoms with van der Waals surface area (Å²) >= 11 is 0. The highest BCUT2D eigenvalue weighted by Gasteiger charge is 2.30. The van der Waals surface area contributed by atoms with E-state index in [-0.39, 0.29) is 6.42 Å². The molecule has 0 radical (unpaired) electrons. The number of aromatic nitrogens is 2. The summed E-state index contributed by atoms with van der Waals surface area (Å²) in [5, 5.41) is 2.84. The van der Waals surface area contributed by atoms with E-state index in [9.17, 15) is 18.0 Å². The van der Waals surface area contributed by atoms with Gasteiger partial charge in [0.05, 0.1) is 37.3 Å². The van der Waals surface area contributed by atoms with Crippen molar-refractivity contribution in [3.8, 4) is 22.9 Å². The zero-order valence-electron chi connectivity index (χ0n) is 22.7. The molecule has 2 amide bonds. The number of methoxy groups -OCH3 is 1. The van der Waals surface area contributed by atoms with E-state index in [2.05, 4.69) is 28.6 Å². The average Bonchev–Trinajstić information content (AvgIpc) is 2.91. The Morgan fingerprint density at radius 1 is 1.31 bits per heavy atom. The van der Waals surface area contributed by atoms with Crippen LogP contribution >= 0.6 is 0 Å². The minimum atomic E-state index is -4.30. The Balaban J connectivity index is 2.07. The van der Waals surface area contributed by atoms with Gasteiger partial charge >= 0.3 is 12.2 Å². The summed E-state index contributed by atoms with van der Waals surface area (Å²) in [6.07, 6.45) is 0.164. The van der Waals surface area contributed by atoms with Gasteiger partial charge in [-0.25, -0.2) is 9.78 Å². The van der Waals surface area contributed by atoms with Crippen LogP contribution < -0.4 is 14.8 Å². The number of amides is 2. The molecule has 1 aliphatic heterocycles. The Labute approximate surface area is 227 Å². The minimum absolute atomic E-state index is 0.183. The molecule has 4 bridgehead atoms. The van der Waals surface area contributed by atoms with Crippen LogP contribution in [0.4, 0.5) is 23.7 Å². The quantitative estimate of drug-likeness (QED) is 0.398. The lowest BCUT2D eigenvalue weighted by atomic mass is 10.0. The number of nitrogens with zero attached hydrogens (tertiary/aromatic N) is 4. The van der Waals surface area contributed by atoms with Crippen molar-refractivity contribution in [1.82, 2.24) is 20.2 Å². The molecule has 2 unspecified atom stereocenters. The van der Waals surface area contributed by atoms with Crippen molar-refractivity contribution in [3.63, 3.8) is 0 Å². The second-order valence-corrected chi connectivity index (χ2v) is 9.38. The molecule has 0 aliphatic carbocycles. The van der Waals surface area contributed by atoms with E-state index in [4.69, 9.17) is 14.5 Å². The van der Waals surface area contributed by atoms with Gasteiger partial charge in [0.1, 0.15) is 11.4 Å². The standard InChI is InChI=1S/C28H36F3N5O3/c1-6-19-15-23-21-16-22(33-17-24(21)38-5)18(3)36(7-2)27(37)34-20(12-13-28(29,30)31)11-9-8-10-14-39-26(35-23)25(19)32-4/h6,15-18,20H,1,4,7-14H2,2-3,5H3,(H,34,37). The van der Waals surface area contributed by atoms with Gasteiger partial charge in [0.15, 0.2) is 0 Å². The van der Waals surface area contributed by atoms with Crippen molar-refractivity contribution < 1.29 is 27.4 Å². The van der Waals surface area contributed by atoms with E-state index in [0.29, 0.717) is 78.7 Å². The predicted molar refractivity (Wildman–Crippen MR) is 146 cm³/mol. The van der Waals surface area contributed by atoms with E-state index < -0.39 is 30.7 Å². The summed E-state index contributed by atoms with van der Waals surface area (Å²) in [7, 11) is 1.53. The highest BCUT2D eigenvalue weighted by Crippen LogP contribution is 2.38. The smallest absolute Gasteiger partial charge is 0.389 e. The van der Waals surface area contributed by atoms with Crippen LogP contribution in [-0.2, 0) is 0 Å². The molecule has 39 heavy (non-hydrogen) atoms. The second-order valence-electron chi connectivity index (χ2n) is 9.38. The molecular weight excluding hydrogens is 511 g/mol. The SMILES string of the molecule is C=Cc1cc2nc(c1N=C)OCCCCCC(CCC(F)(F)F)NC(=O)N(CC)C(C)c1cc-2c(OC)cn1. The minimum Gasteiger partial charge on any atom is -0.494 e. The number of pyridine rings is 2. The first-order chi connectivity index (χ1) is 18.6. The number of aliphatic imine (C=N–C) groups is 1. The van der Waals surface area contributed by atoms with Gasteiger partial charge in [-0.2, -0.15) is 13.2 Å². The highest BCUT2D eigenvalue weighted by atomic mass is 19.4. The number of urea groups is 1. The van der Waals surface area contributed by atoms with Crippen LogP contribution in [0.15, 0.2) is 29.9 Å². The van der Waals surface area contributed by atoms with Crippen LogP contribution in [0, 0.1) is 0 Å². The number of ether oxygens (including phenoxy) is 2. The fourth-order valence-corrected chi connectivity index (χ4v) is 4.61. The second kappa shape index (κ2) is 13.4. The molecule has 8 nitrogen and oxygen atoms in total. The summed E-state index contributed by atoms with van der Waals surface area (Å²) in [6, 6.07) is 2.07. The van der Waals surface area contributed by atoms with Gasteiger partial charge in [0, 0.05) is 30.1 Å². The Morgan fingerprint density at radius 2 is 2.08 bits per heavy atom. The Kier molecular flexibility index (Phi) is 10.3. The third-order valence-corrected chi connectivity index (χ3v) is 6.79. The predicted octanol–water partition coefficient (Wildman–Crippen LogP) is 6.88. The van der Waals surface area contributed by atoms with E-state index >= 15 is 0 Å². The molecule has 2 aromatic rings. The zero-order chi connectivity index (χ0) is 28.6. The summed E-state index contributed by atoms with van der Waals surface area (Å²) in [4.78, 5) is 28.1. The average molecular weight is 548 g/mol. The number of halogens is 3. The monoisotopic (exact) mass is 547 g/mol. The molecule has 2 aromatic heterocycles. The lowest BCUT2D eigenvalue weighted by Gasteiger charge is -2.30.